The van der Waals surface area contributed by atoms with Crippen molar-refractivity contribution in [1.29, 1.82) is 0 Å². The van der Waals surface area contributed by atoms with Crippen LogP contribution in [0.25, 0.3) is 11.0 Å². The van der Waals surface area contributed by atoms with Gasteiger partial charge in [0, 0.05) is 23.9 Å². The first-order valence-electron chi connectivity index (χ1n) is 10.3. The summed E-state index contributed by atoms with van der Waals surface area (Å²) in [5.74, 6) is 1.24. The molecule has 0 spiro atoms. The van der Waals surface area contributed by atoms with Crippen LogP contribution in [0.15, 0.2) is 35.6 Å². The number of carbonyl (C=O) groups excluding carboxylic acids is 1. The number of anilines is 1. The Kier molecular flexibility index (Phi) is 7.31. The number of nitrogens with zero attached hydrogens (tertiary/aromatic N) is 4. The fourth-order valence-corrected chi connectivity index (χ4v) is 3.70. The molecular weight excluding hydrogens is 396 g/mol. The van der Waals surface area contributed by atoms with Crippen LogP contribution in [-0.2, 0) is 6.54 Å². The largest absolute Gasteiger partial charge is 0.369 e. The van der Waals surface area contributed by atoms with Crippen LogP contribution in [-0.4, -0.2) is 44.0 Å². The first-order chi connectivity index (χ1) is 14.3. The zero-order valence-corrected chi connectivity index (χ0v) is 19.1. The maximum atomic E-state index is 12.5. The summed E-state index contributed by atoms with van der Waals surface area (Å²) in [4.78, 5) is 21.9. The van der Waals surface area contributed by atoms with Crippen LogP contribution in [0.1, 0.15) is 43.6 Å². The molecule has 0 bridgehead atoms. The lowest BCUT2D eigenvalue weighted by molar-refractivity contribution is 0.0951. The number of hydrogen-bond acceptors (Lipinski definition) is 6. The third-order valence-electron chi connectivity index (χ3n) is 4.49. The van der Waals surface area contributed by atoms with E-state index in [4.69, 9.17) is 9.97 Å². The van der Waals surface area contributed by atoms with Crippen molar-refractivity contribution in [3.05, 3.63) is 41.6 Å². The van der Waals surface area contributed by atoms with Crippen molar-refractivity contribution in [2.45, 2.75) is 51.6 Å². The lowest BCUT2D eigenvalue weighted by atomic mass is 10.1. The Morgan fingerprint density at radius 3 is 2.63 bits per heavy atom. The fraction of sp³-hybridized carbons (Fsp3) is 0.455. The summed E-state index contributed by atoms with van der Waals surface area (Å²) in [6.45, 7) is 12.3. The van der Waals surface area contributed by atoms with Gasteiger partial charge in [-0.2, -0.15) is 5.10 Å². The second-order valence-electron chi connectivity index (χ2n) is 7.97. The molecule has 0 radical (unpaired) electrons. The van der Waals surface area contributed by atoms with Gasteiger partial charge in [-0.1, -0.05) is 57.7 Å². The standard InChI is InChI=1S/C22H30N6OS/c1-14(2)12-24-19-18-13-25-28(20(18)27-22(26-19)30-15(3)4)11-10-23-21(29)17-9-7-6-8-16(17)5/h6-9,13-15H,10-12H2,1-5H3,(H,23,29)(H,24,26,27). The SMILES string of the molecule is Cc1ccccc1C(=O)NCCn1ncc2c(NCC(C)C)nc(SC(C)C)nc21. The number of benzene rings is 1. The predicted molar refractivity (Wildman–Crippen MR) is 123 cm³/mol. The number of hydrogen-bond donors (Lipinski definition) is 2. The molecule has 0 aliphatic rings. The molecule has 2 N–H and O–H groups in total. The van der Waals surface area contributed by atoms with E-state index in [1.165, 1.54) is 0 Å². The third kappa shape index (κ3) is 5.50. The minimum Gasteiger partial charge on any atom is -0.369 e. The lowest BCUT2D eigenvalue weighted by Gasteiger charge is -2.12. The molecule has 0 unspecified atom stereocenters. The van der Waals surface area contributed by atoms with Crippen molar-refractivity contribution in [1.82, 2.24) is 25.1 Å². The van der Waals surface area contributed by atoms with E-state index >= 15 is 0 Å². The van der Waals surface area contributed by atoms with Crippen LogP contribution in [0.3, 0.4) is 0 Å². The maximum Gasteiger partial charge on any atom is 0.251 e. The van der Waals surface area contributed by atoms with Crippen molar-refractivity contribution in [2.75, 3.05) is 18.4 Å². The van der Waals surface area contributed by atoms with E-state index in [9.17, 15) is 4.79 Å². The Morgan fingerprint density at radius 1 is 1.17 bits per heavy atom. The summed E-state index contributed by atoms with van der Waals surface area (Å²) in [6, 6.07) is 7.58. The van der Waals surface area contributed by atoms with Crippen molar-refractivity contribution in [3.63, 3.8) is 0 Å². The zero-order chi connectivity index (χ0) is 21.7. The van der Waals surface area contributed by atoms with Gasteiger partial charge >= 0.3 is 0 Å². The summed E-state index contributed by atoms with van der Waals surface area (Å²) in [5, 5.41) is 12.9. The van der Waals surface area contributed by atoms with Crippen LogP contribution in [0, 0.1) is 12.8 Å². The molecule has 0 atom stereocenters. The summed E-state index contributed by atoms with van der Waals surface area (Å²) in [7, 11) is 0. The number of nitrogens with one attached hydrogen (secondary N) is 2. The van der Waals surface area contributed by atoms with Crippen molar-refractivity contribution >= 4 is 34.5 Å². The molecule has 7 nitrogen and oxygen atoms in total. The molecule has 30 heavy (non-hydrogen) atoms. The Hall–Kier alpha value is -2.61. The highest BCUT2D eigenvalue weighted by Crippen LogP contribution is 2.26. The highest BCUT2D eigenvalue weighted by atomic mass is 32.2. The van der Waals surface area contributed by atoms with Gasteiger partial charge in [0.1, 0.15) is 5.82 Å². The van der Waals surface area contributed by atoms with Gasteiger partial charge in [-0.25, -0.2) is 14.6 Å². The third-order valence-corrected chi connectivity index (χ3v) is 5.36. The number of thioether (sulfide) groups is 1. The van der Waals surface area contributed by atoms with Gasteiger partial charge in [-0.3, -0.25) is 4.79 Å². The van der Waals surface area contributed by atoms with Gasteiger partial charge in [0.05, 0.1) is 18.1 Å². The van der Waals surface area contributed by atoms with Crippen LogP contribution in [0.4, 0.5) is 5.82 Å². The first-order valence-corrected chi connectivity index (χ1v) is 11.2. The molecule has 2 heterocycles. The van der Waals surface area contributed by atoms with E-state index in [2.05, 4.69) is 43.4 Å². The number of aromatic nitrogens is 4. The monoisotopic (exact) mass is 426 g/mol. The molecule has 160 valence electrons. The smallest absolute Gasteiger partial charge is 0.251 e. The highest BCUT2D eigenvalue weighted by molar-refractivity contribution is 7.99. The van der Waals surface area contributed by atoms with E-state index in [-0.39, 0.29) is 5.91 Å². The number of aryl methyl sites for hydroxylation is 1. The van der Waals surface area contributed by atoms with Crippen LogP contribution in [0.2, 0.25) is 0 Å². The minimum absolute atomic E-state index is 0.0745. The minimum atomic E-state index is -0.0745. The van der Waals surface area contributed by atoms with Crippen molar-refractivity contribution in [2.24, 2.45) is 5.92 Å². The van der Waals surface area contributed by atoms with Crippen LogP contribution in [0.5, 0.6) is 0 Å². The topological polar surface area (TPSA) is 84.7 Å². The van der Waals surface area contributed by atoms with Gasteiger partial charge in [0.2, 0.25) is 0 Å². The number of carbonyl (C=O) groups is 1. The second kappa shape index (κ2) is 9.93. The normalized spacial score (nSPS) is 11.4. The Morgan fingerprint density at radius 2 is 1.93 bits per heavy atom. The maximum absolute atomic E-state index is 12.5. The molecule has 1 aromatic carbocycles. The average molecular weight is 427 g/mol. The Labute approximate surface area is 182 Å². The summed E-state index contributed by atoms with van der Waals surface area (Å²) in [5.41, 5.74) is 2.44. The van der Waals surface area contributed by atoms with Gasteiger partial charge in [-0.05, 0) is 24.5 Å². The molecular formula is C22H30N6OS. The lowest BCUT2D eigenvalue weighted by Crippen LogP contribution is -2.28. The number of fused-ring (bicyclic) bond motifs is 1. The highest BCUT2D eigenvalue weighted by Gasteiger charge is 2.15. The Balaban J connectivity index is 1.77. The van der Waals surface area contributed by atoms with Gasteiger partial charge < -0.3 is 10.6 Å². The zero-order valence-electron chi connectivity index (χ0n) is 18.3. The molecule has 0 saturated carbocycles. The molecule has 1 amide bonds. The number of rotatable bonds is 9. The Bertz CT molecular complexity index is 1010. The number of amides is 1. The van der Waals surface area contributed by atoms with E-state index in [1.54, 1.807) is 18.0 Å². The van der Waals surface area contributed by atoms with Crippen LogP contribution < -0.4 is 10.6 Å². The quantitative estimate of drug-likeness (QED) is 0.395. The van der Waals surface area contributed by atoms with Gasteiger partial charge in [0.25, 0.3) is 5.91 Å². The molecule has 0 aliphatic heterocycles. The van der Waals surface area contributed by atoms with Crippen LogP contribution >= 0.6 is 11.8 Å². The van der Waals surface area contributed by atoms with Gasteiger partial charge in [-0.15, -0.1) is 0 Å². The molecule has 2 aromatic heterocycles. The molecule has 3 rings (SSSR count). The fourth-order valence-electron chi connectivity index (χ4n) is 3.00. The first kappa shape index (κ1) is 22.1. The molecule has 0 saturated heterocycles. The molecule has 0 fully saturated rings. The molecule has 8 heteroatoms. The summed E-state index contributed by atoms with van der Waals surface area (Å²) >= 11 is 1.63. The van der Waals surface area contributed by atoms with Gasteiger partial charge in [0.15, 0.2) is 10.8 Å². The summed E-state index contributed by atoms with van der Waals surface area (Å²) in [6.07, 6.45) is 1.80. The summed E-state index contributed by atoms with van der Waals surface area (Å²) < 4.78 is 1.83. The second-order valence-corrected chi connectivity index (χ2v) is 9.52. The van der Waals surface area contributed by atoms with Crippen molar-refractivity contribution < 1.29 is 4.79 Å². The van der Waals surface area contributed by atoms with E-state index in [0.29, 0.717) is 29.8 Å². The molecule has 0 aliphatic carbocycles. The predicted octanol–water partition coefficient (Wildman–Crippen LogP) is 4.13. The van der Waals surface area contributed by atoms with E-state index in [1.807, 2.05) is 35.9 Å². The van der Waals surface area contributed by atoms with Crippen molar-refractivity contribution in [3.8, 4) is 0 Å². The average Bonchev–Trinajstić information content (AvgIpc) is 3.09. The molecule has 3 aromatic rings. The van der Waals surface area contributed by atoms with E-state index in [0.717, 1.165) is 34.1 Å². The van der Waals surface area contributed by atoms with E-state index < -0.39 is 0 Å².